The van der Waals surface area contributed by atoms with E-state index >= 15 is 0 Å². The van der Waals surface area contributed by atoms with Crippen LogP contribution in [0.2, 0.25) is 0 Å². The topological polar surface area (TPSA) is 104 Å². The fourth-order valence-corrected chi connectivity index (χ4v) is 6.78. The van der Waals surface area contributed by atoms with Crippen molar-refractivity contribution in [3.8, 4) is 5.75 Å². The fourth-order valence-electron chi connectivity index (χ4n) is 6.41. The molecular formula is C30H38BrNO6. The number of carboxylic acid groups (broad SMARTS) is 1. The number of hydrogen-bond donors (Lipinski definition) is 2. The summed E-state index contributed by atoms with van der Waals surface area (Å²) in [5.41, 5.74) is 4.42. The molecule has 2 N–H and O–H groups in total. The number of carbonyl (C=O) groups excluding carboxylic acids is 2. The molecule has 1 aromatic rings. The number of nitrogens with zero attached hydrogens (tertiary/aromatic N) is 1. The van der Waals surface area contributed by atoms with E-state index in [-0.39, 0.29) is 47.8 Å². The van der Waals surface area contributed by atoms with Gasteiger partial charge in [-0.2, -0.15) is 0 Å². The molecule has 1 aromatic carbocycles. The van der Waals surface area contributed by atoms with Gasteiger partial charge in [0.2, 0.25) is 11.8 Å². The Morgan fingerprint density at radius 2 is 1.92 bits per heavy atom. The minimum Gasteiger partial charge on any atom is -0.507 e. The summed E-state index contributed by atoms with van der Waals surface area (Å²) in [6.07, 6.45) is 8.15. The number of phenols is 1. The van der Waals surface area contributed by atoms with E-state index in [0.717, 1.165) is 35.7 Å². The maximum atomic E-state index is 13.4. The summed E-state index contributed by atoms with van der Waals surface area (Å²) in [6, 6.07) is 5.43. The van der Waals surface area contributed by atoms with Crippen molar-refractivity contribution in [3.63, 3.8) is 0 Å². The lowest BCUT2D eigenvalue weighted by Gasteiger charge is -2.30. The summed E-state index contributed by atoms with van der Waals surface area (Å²) >= 11 is 3.48. The lowest BCUT2D eigenvalue weighted by molar-refractivity contribution is -0.141. The molecule has 2 fully saturated rings. The zero-order valence-electron chi connectivity index (χ0n) is 22.2. The van der Waals surface area contributed by atoms with E-state index in [9.17, 15) is 19.5 Å². The second-order valence-electron chi connectivity index (χ2n) is 10.8. The number of hydrogen-bond acceptors (Lipinski definition) is 5. The zero-order valence-corrected chi connectivity index (χ0v) is 23.8. The number of aromatic hydroxyl groups is 1. The molecule has 4 rings (SSSR count). The first-order valence-electron chi connectivity index (χ1n) is 13.8. The average molecular weight is 589 g/mol. The smallest absolute Gasteiger partial charge is 0.303 e. The number of unbranched alkanes of at least 4 members (excludes halogenated alkanes) is 2. The molecule has 0 radical (unpaired) electrons. The van der Waals surface area contributed by atoms with Crippen molar-refractivity contribution in [1.29, 1.82) is 0 Å². The second kappa shape index (κ2) is 12.6. The number of carboxylic acids is 1. The summed E-state index contributed by atoms with van der Waals surface area (Å²) in [6.45, 7) is 5.05. The molecule has 3 aliphatic rings. The number of fused-ring (bicyclic) bond motifs is 3. The molecule has 0 bridgehead atoms. The van der Waals surface area contributed by atoms with Crippen molar-refractivity contribution >= 4 is 39.8 Å². The highest BCUT2D eigenvalue weighted by atomic mass is 79.9. The van der Waals surface area contributed by atoms with Crippen LogP contribution in [0.4, 0.5) is 0 Å². The van der Waals surface area contributed by atoms with Crippen molar-refractivity contribution in [2.24, 2.45) is 17.8 Å². The van der Waals surface area contributed by atoms with Crippen LogP contribution in [0.15, 0.2) is 39.4 Å². The van der Waals surface area contributed by atoms with Crippen LogP contribution in [0.3, 0.4) is 0 Å². The molecular weight excluding hydrogens is 550 g/mol. The number of halogens is 1. The van der Waals surface area contributed by atoms with Gasteiger partial charge in [0, 0.05) is 28.9 Å². The molecule has 2 aliphatic heterocycles. The number of aliphatic carboxylic acids is 1. The second-order valence-corrected chi connectivity index (χ2v) is 11.7. The van der Waals surface area contributed by atoms with Crippen LogP contribution in [0.5, 0.6) is 5.75 Å². The van der Waals surface area contributed by atoms with Crippen LogP contribution in [0.1, 0.15) is 77.2 Å². The minimum absolute atomic E-state index is 0.0556. The van der Waals surface area contributed by atoms with Crippen LogP contribution >= 0.6 is 15.9 Å². The lowest BCUT2D eigenvalue weighted by Crippen LogP contribution is -2.34. The molecule has 206 valence electrons. The summed E-state index contributed by atoms with van der Waals surface area (Å²) < 4.78 is 7.19. The van der Waals surface area contributed by atoms with Crippen LogP contribution in [-0.4, -0.2) is 52.2 Å². The Labute approximate surface area is 233 Å². The Morgan fingerprint density at radius 3 is 2.66 bits per heavy atom. The number of rotatable bonds is 12. The predicted octanol–water partition coefficient (Wildman–Crippen LogP) is 6.10. The third-order valence-electron chi connectivity index (χ3n) is 8.16. The minimum atomic E-state index is -0.821. The van der Waals surface area contributed by atoms with Crippen LogP contribution < -0.4 is 0 Å². The number of carbonyl (C=O) groups is 3. The largest absolute Gasteiger partial charge is 0.507 e. The van der Waals surface area contributed by atoms with E-state index in [1.807, 2.05) is 12.1 Å². The highest BCUT2D eigenvalue weighted by Gasteiger charge is 2.56. The first-order valence-corrected chi connectivity index (χ1v) is 14.6. The van der Waals surface area contributed by atoms with Gasteiger partial charge in [0.15, 0.2) is 0 Å². The monoisotopic (exact) mass is 587 g/mol. The molecule has 38 heavy (non-hydrogen) atoms. The van der Waals surface area contributed by atoms with Crippen LogP contribution in [-0.2, 0) is 19.1 Å². The van der Waals surface area contributed by atoms with Gasteiger partial charge in [-0.1, -0.05) is 52.9 Å². The Kier molecular flexibility index (Phi) is 9.47. The van der Waals surface area contributed by atoms with E-state index < -0.39 is 5.97 Å². The van der Waals surface area contributed by atoms with Gasteiger partial charge in [0.25, 0.3) is 0 Å². The van der Waals surface area contributed by atoms with Gasteiger partial charge in [-0.15, -0.1) is 0 Å². The number of ether oxygens (including phenoxy) is 1. The van der Waals surface area contributed by atoms with Crippen LogP contribution in [0.25, 0.3) is 6.08 Å². The Bertz CT molecular complexity index is 1140. The quantitative estimate of drug-likeness (QED) is 0.174. The Hall–Kier alpha value is -2.45. The first-order chi connectivity index (χ1) is 18.2. The predicted molar refractivity (Wildman–Crippen MR) is 148 cm³/mol. The highest BCUT2D eigenvalue weighted by Crippen LogP contribution is 2.49. The van der Waals surface area contributed by atoms with Gasteiger partial charge < -0.3 is 14.9 Å². The van der Waals surface area contributed by atoms with Crippen molar-refractivity contribution < 1.29 is 29.3 Å². The summed E-state index contributed by atoms with van der Waals surface area (Å²) in [5, 5.41) is 19.1. The molecule has 4 atom stereocenters. The molecule has 0 aromatic heterocycles. The Morgan fingerprint density at radius 1 is 1.13 bits per heavy atom. The number of benzene rings is 1. The summed E-state index contributed by atoms with van der Waals surface area (Å²) in [4.78, 5) is 38.7. The first kappa shape index (κ1) is 28.6. The molecule has 1 aliphatic carbocycles. The SMILES string of the molecule is CCC/C(=C\c1cc(Br)ccc1O)CC[C@H]1OC[C@H]2C1=C(C)C[C@H]1C(=O)N(CCCCCC(=O)O)C(=O)[C@H]12. The van der Waals surface area contributed by atoms with E-state index in [4.69, 9.17) is 9.84 Å². The lowest BCUT2D eigenvalue weighted by atomic mass is 9.70. The molecule has 2 saturated heterocycles. The maximum Gasteiger partial charge on any atom is 0.303 e. The third kappa shape index (κ3) is 6.23. The molecule has 0 saturated carbocycles. The van der Waals surface area contributed by atoms with Crippen molar-refractivity contribution in [1.82, 2.24) is 4.90 Å². The van der Waals surface area contributed by atoms with Gasteiger partial charge >= 0.3 is 5.97 Å². The standard InChI is InChI=1S/C30H38BrNO6/c1-3-7-19(15-20-16-21(31)10-11-24(20)33)9-12-25-27-18(2)14-22-28(23(27)17-38-25)30(37)32(29(22)36)13-6-4-5-8-26(34)35/h10-11,15-16,22-23,25,28,33H,3-9,12-14,17H2,1-2H3,(H,34,35)/b19-15+/t22-,23+,25-,28-/m1/s1. The molecule has 7 nitrogen and oxygen atoms in total. The molecule has 0 spiro atoms. The molecule has 8 heteroatoms. The number of imide groups is 1. The summed E-state index contributed by atoms with van der Waals surface area (Å²) in [5.74, 6) is -1.46. The third-order valence-corrected chi connectivity index (χ3v) is 8.66. The highest BCUT2D eigenvalue weighted by molar-refractivity contribution is 9.10. The zero-order chi connectivity index (χ0) is 27.4. The van der Waals surface area contributed by atoms with Gasteiger partial charge in [-0.25, -0.2) is 0 Å². The van der Waals surface area contributed by atoms with E-state index in [1.165, 1.54) is 21.6 Å². The average Bonchev–Trinajstić information content (AvgIpc) is 3.39. The van der Waals surface area contributed by atoms with E-state index in [1.54, 1.807) is 6.07 Å². The summed E-state index contributed by atoms with van der Waals surface area (Å²) in [7, 11) is 0. The van der Waals surface area contributed by atoms with Gasteiger partial charge in [-0.3, -0.25) is 19.3 Å². The fraction of sp³-hybridized carbons (Fsp3) is 0.567. The van der Waals surface area contributed by atoms with Gasteiger partial charge in [-0.05, 0) is 69.2 Å². The van der Waals surface area contributed by atoms with Crippen molar-refractivity contribution in [2.75, 3.05) is 13.2 Å². The molecule has 2 heterocycles. The number of allylic oxidation sites excluding steroid dienone is 2. The Balaban J connectivity index is 1.42. The number of likely N-dealkylation sites (tertiary alicyclic amines) is 1. The number of amides is 2. The normalized spacial score (nSPS) is 25.2. The van der Waals surface area contributed by atoms with E-state index in [2.05, 4.69) is 35.9 Å². The van der Waals surface area contributed by atoms with Gasteiger partial charge in [0.1, 0.15) is 5.75 Å². The van der Waals surface area contributed by atoms with Crippen LogP contribution in [0, 0.1) is 17.8 Å². The number of phenolic OH excluding ortho intramolecular Hbond substituents is 1. The maximum absolute atomic E-state index is 13.4. The molecule has 0 unspecified atom stereocenters. The van der Waals surface area contributed by atoms with Gasteiger partial charge in [0.05, 0.1) is 24.5 Å². The van der Waals surface area contributed by atoms with Crippen molar-refractivity contribution in [2.45, 2.75) is 77.7 Å². The van der Waals surface area contributed by atoms with Crippen molar-refractivity contribution in [3.05, 3.63) is 45.0 Å². The van der Waals surface area contributed by atoms with E-state index in [0.29, 0.717) is 38.8 Å². The molecule has 2 amide bonds.